The Morgan fingerprint density at radius 2 is 2.29 bits per heavy atom. The van der Waals surface area contributed by atoms with Crippen LogP contribution in [0.3, 0.4) is 0 Å². The Morgan fingerprint density at radius 1 is 1.53 bits per heavy atom. The van der Waals surface area contributed by atoms with Crippen LogP contribution < -0.4 is 10.6 Å². The maximum Gasteiger partial charge on any atom is 0.221 e. The van der Waals surface area contributed by atoms with E-state index in [1.54, 1.807) is 4.68 Å². The van der Waals surface area contributed by atoms with Crippen molar-refractivity contribution in [1.82, 2.24) is 25.6 Å². The van der Waals surface area contributed by atoms with Crippen LogP contribution in [0, 0.1) is 0 Å². The summed E-state index contributed by atoms with van der Waals surface area (Å²) in [6.45, 7) is 8.02. The molecular formula is C11H21N5O. The zero-order valence-electron chi connectivity index (χ0n) is 10.7. The van der Waals surface area contributed by atoms with Crippen LogP contribution in [0.4, 0.5) is 0 Å². The summed E-state index contributed by atoms with van der Waals surface area (Å²) in [7, 11) is 0. The van der Waals surface area contributed by atoms with Crippen LogP contribution in [0.25, 0.3) is 0 Å². The van der Waals surface area contributed by atoms with Crippen molar-refractivity contribution in [2.45, 2.75) is 46.3 Å². The zero-order valence-corrected chi connectivity index (χ0v) is 10.7. The lowest BCUT2D eigenvalue weighted by molar-refractivity contribution is -0.121. The predicted octanol–water partition coefficient (Wildman–Crippen LogP) is 0.302. The molecule has 1 heterocycles. The average Bonchev–Trinajstić information content (AvgIpc) is 2.72. The molecule has 0 fully saturated rings. The van der Waals surface area contributed by atoms with Gasteiger partial charge in [-0.05, 0) is 6.92 Å². The van der Waals surface area contributed by atoms with E-state index in [-0.39, 0.29) is 5.91 Å². The van der Waals surface area contributed by atoms with Crippen LogP contribution >= 0.6 is 0 Å². The fourth-order valence-electron chi connectivity index (χ4n) is 1.34. The van der Waals surface area contributed by atoms with Gasteiger partial charge in [-0.3, -0.25) is 9.48 Å². The molecule has 0 unspecified atom stereocenters. The SMILES string of the molecule is CCNC(=O)CCn1cc(CNC(C)C)nn1. The highest BCUT2D eigenvalue weighted by molar-refractivity contribution is 5.75. The smallest absolute Gasteiger partial charge is 0.221 e. The Hall–Kier alpha value is -1.43. The lowest BCUT2D eigenvalue weighted by atomic mass is 10.3. The molecule has 2 N–H and O–H groups in total. The lowest BCUT2D eigenvalue weighted by Gasteiger charge is -2.04. The topological polar surface area (TPSA) is 71.8 Å². The minimum Gasteiger partial charge on any atom is -0.356 e. The Kier molecular flexibility index (Phi) is 5.62. The van der Waals surface area contributed by atoms with E-state index in [2.05, 4.69) is 34.8 Å². The number of nitrogens with one attached hydrogen (secondary N) is 2. The van der Waals surface area contributed by atoms with Crippen molar-refractivity contribution in [3.63, 3.8) is 0 Å². The predicted molar refractivity (Wildman–Crippen MR) is 65.3 cm³/mol. The van der Waals surface area contributed by atoms with Gasteiger partial charge in [0, 0.05) is 31.7 Å². The van der Waals surface area contributed by atoms with E-state index >= 15 is 0 Å². The van der Waals surface area contributed by atoms with Crippen molar-refractivity contribution in [1.29, 1.82) is 0 Å². The number of carbonyl (C=O) groups is 1. The lowest BCUT2D eigenvalue weighted by Crippen LogP contribution is -2.23. The quantitative estimate of drug-likeness (QED) is 0.718. The van der Waals surface area contributed by atoms with E-state index in [0.29, 0.717) is 32.1 Å². The fourth-order valence-corrected chi connectivity index (χ4v) is 1.34. The summed E-state index contributed by atoms with van der Waals surface area (Å²) >= 11 is 0. The van der Waals surface area contributed by atoms with Crippen LogP contribution in [0.5, 0.6) is 0 Å². The molecular weight excluding hydrogens is 218 g/mol. The number of hydrogen-bond acceptors (Lipinski definition) is 4. The second kappa shape index (κ2) is 7.01. The first kappa shape index (κ1) is 13.6. The molecule has 6 heteroatoms. The van der Waals surface area contributed by atoms with Crippen LogP contribution in [0.2, 0.25) is 0 Å². The van der Waals surface area contributed by atoms with E-state index in [9.17, 15) is 4.79 Å². The fraction of sp³-hybridized carbons (Fsp3) is 0.727. The Balaban J connectivity index is 2.32. The number of amides is 1. The average molecular weight is 239 g/mol. The second-order valence-corrected chi connectivity index (χ2v) is 4.21. The molecule has 0 aliphatic rings. The molecule has 0 aliphatic heterocycles. The first-order chi connectivity index (χ1) is 8.11. The molecule has 1 aromatic rings. The van der Waals surface area contributed by atoms with Crippen molar-refractivity contribution >= 4 is 5.91 Å². The molecule has 1 amide bonds. The summed E-state index contributed by atoms with van der Waals surface area (Å²) in [4.78, 5) is 11.3. The molecule has 1 aromatic heterocycles. The van der Waals surface area contributed by atoms with E-state index in [1.807, 2.05) is 13.1 Å². The third-order valence-corrected chi connectivity index (χ3v) is 2.22. The molecule has 0 radical (unpaired) electrons. The van der Waals surface area contributed by atoms with Crippen LogP contribution in [-0.4, -0.2) is 33.5 Å². The largest absolute Gasteiger partial charge is 0.356 e. The van der Waals surface area contributed by atoms with Gasteiger partial charge >= 0.3 is 0 Å². The zero-order chi connectivity index (χ0) is 12.7. The highest BCUT2D eigenvalue weighted by Crippen LogP contribution is 1.95. The van der Waals surface area contributed by atoms with Gasteiger partial charge in [-0.15, -0.1) is 5.10 Å². The number of aryl methyl sites for hydroxylation is 1. The second-order valence-electron chi connectivity index (χ2n) is 4.21. The van der Waals surface area contributed by atoms with E-state index in [0.717, 1.165) is 5.69 Å². The summed E-state index contributed by atoms with van der Waals surface area (Å²) in [6, 6.07) is 0.426. The van der Waals surface area contributed by atoms with Gasteiger partial charge in [-0.25, -0.2) is 0 Å². The van der Waals surface area contributed by atoms with Crippen molar-refractivity contribution in [3.05, 3.63) is 11.9 Å². The first-order valence-corrected chi connectivity index (χ1v) is 6.01. The summed E-state index contributed by atoms with van der Waals surface area (Å²) in [5, 5.41) is 14.0. The number of hydrogen-bond donors (Lipinski definition) is 2. The molecule has 0 saturated heterocycles. The van der Waals surface area contributed by atoms with Crippen LogP contribution in [-0.2, 0) is 17.9 Å². The molecule has 0 atom stereocenters. The van der Waals surface area contributed by atoms with Gasteiger partial charge in [0.15, 0.2) is 0 Å². The number of nitrogens with zero attached hydrogens (tertiary/aromatic N) is 3. The maximum atomic E-state index is 11.3. The molecule has 6 nitrogen and oxygen atoms in total. The van der Waals surface area contributed by atoms with Crippen molar-refractivity contribution in [2.24, 2.45) is 0 Å². The Labute approximate surface area is 102 Å². The van der Waals surface area contributed by atoms with Gasteiger partial charge < -0.3 is 10.6 Å². The van der Waals surface area contributed by atoms with Gasteiger partial charge in [0.25, 0.3) is 0 Å². The summed E-state index contributed by atoms with van der Waals surface area (Å²) < 4.78 is 1.70. The summed E-state index contributed by atoms with van der Waals surface area (Å²) in [5.74, 6) is 0.0462. The molecule has 1 rings (SSSR count). The van der Waals surface area contributed by atoms with E-state index in [4.69, 9.17) is 0 Å². The summed E-state index contributed by atoms with van der Waals surface area (Å²) in [5.41, 5.74) is 0.898. The number of rotatable bonds is 7. The Bertz CT molecular complexity index is 347. The van der Waals surface area contributed by atoms with Crippen molar-refractivity contribution < 1.29 is 4.79 Å². The molecule has 0 spiro atoms. The van der Waals surface area contributed by atoms with E-state index < -0.39 is 0 Å². The Morgan fingerprint density at radius 3 is 2.94 bits per heavy atom. The first-order valence-electron chi connectivity index (χ1n) is 6.01. The van der Waals surface area contributed by atoms with Gasteiger partial charge in [0.1, 0.15) is 0 Å². The number of carbonyl (C=O) groups excluding carboxylic acids is 1. The van der Waals surface area contributed by atoms with Gasteiger partial charge in [-0.2, -0.15) is 0 Å². The molecule has 0 aliphatic carbocycles. The minimum atomic E-state index is 0.0462. The monoisotopic (exact) mass is 239 g/mol. The molecule has 0 saturated carbocycles. The normalized spacial score (nSPS) is 10.8. The molecule has 17 heavy (non-hydrogen) atoms. The summed E-state index contributed by atoms with van der Waals surface area (Å²) in [6.07, 6.45) is 2.31. The van der Waals surface area contributed by atoms with Gasteiger partial charge in [-0.1, -0.05) is 19.1 Å². The third-order valence-electron chi connectivity index (χ3n) is 2.22. The van der Waals surface area contributed by atoms with E-state index in [1.165, 1.54) is 0 Å². The standard InChI is InChI=1S/C11H21N5O/c1-4-12-11(17)5-6-16-8-10(14-15-16)7-13-9(2)3/h8-9,13H,4-7H2,1-3H3,(H,12,17). The number of aromatic nitrogens is 3. The minimum absolute atomic E-state index is 0.0462. The van der Waals surface area contributed by atoms with Crippen molar-refractivity contribution in [2.75, 3.05) is 6.54 Å². The highest BCUT2D eigenvalue weighted by Gasteiger charge is 2.04. The van der Waals surface area contributed by atoms with Crippen LogP contribution in [0.15, 0.2) is 6.20 Å². The molecule has 0 aromatic carbocycles. The van der Waals surface area contributed by atoms with Crippen LogP contribution in [0.1, 0.15) is 32.9 Å². The highest BCUT2D eigenvalue weighted by atomic mass is 16.1. The van der Waals surface area contributed by atoms with Gasteiger partial charge in [0.05, 0.1) is 12.2 Å². The maximum absolute atomic E-state index is 11.3. The van der Waals surface area contributed by atoms with Gasteiger partial charge in [0.2, 0.25) is 5.91 Å². The third kappa shape index (κ3) is 5.44. The molecule has 96 valence electrons. The van der Waals surface area contributed by atoms with Crippen molar-refractivity contribution in [3.8, 4) is 0 Å². The molecule has 0 bridgehead atoms.